The number of benzene rings is 3. The molecular weight excluding hydrogens is 348 g/mol. The average Bonchev–Trinajstić information content (AvgIpc) is 2.62. The van der Waals surface area contributed by atoms with Gasteiger partial charge in [-0.3, -0.25) is 0 Å². The van der Waals surface area contributed by atoms with Crippen molar-refractivity contribution in [2.45, 2.75) is 6.18 Å². The molecule has 0 bridgehead atoms. The van der Waals surface area contributed by atoms with Crippen molar-refractivity contribution < 1.29 is 27.1 Å². The van der Waals surface area contributed by atoms with Crippen molar-refractivity contribution in [3.63, 3.8) is 0 Å². The van der Waals surface area contributed by atoms with Crippen molar-refractivity contribution in [3.8, 4) is 16.9 Å². The Balaban J connectivity index is 1.81. The summed E-state index contributed by atoms with van der Waals surface area (Å²) in [6, 6.07) is 18.3. The smallest absolute Gasteiger partial charge is 0.419 e. The number of rotatable bonds is 3. The van der Waals surface area contributed by atoms with Crippen LogP contribution < -0.4 is 4.74 Å². The highest BCUT2D eigenvalue weighted by Crippen LogP contribution is 2.32. The van der Waals surface area contributed by atoms with Gasteiger partial charge in [0, 0.05) is 0 Å². The summed E-state index contributed by atoms with van der Waals surface area (Å²) in [4.78, 5) is 12.0. The second kappa shape index (κ2) is 7.00. The molecule has 0 aliphatic heterocycles. The van der Waals surface area contributed by atoms with Crippen LogP contribution in [-0.2, 0) is 6.18 Å². The Morgan fingerprint density at radius 2 is 1.38 bits per heavy atom. The Morgan fingerprint density at radius 3 is 2.00 bits per heavy atom. The Labute approximate surface area is 146 Å². The van der Waals surface area contributed by atoms with Crippen LogP contribution in [0.4, 0.5) is 17.6 Å². The molecule has 0 aliphatic rings. The standard InChI is InChI=1S/C20H12F4O2/c21-18-16(7-4-8-17(18)20(22,23)24)19(25)26-15-11-9-14(10-12-15)13-5-2-1-3-6-13/h1-12H. The fourth-order valence-corrected chi connectivity index (χ4v) is 2.42. The molecule has 0 unspecified atom stereocenters. The molecule has 26 heavy (non-hydrogen) atoms. The number of carbonyl (C=O) groups is 1. The van der Waals surface area contributed by atoms with Gasteiger partial charge in [0.25, 0.3) is 0 Å². The number of hydrogen-bond donors (Lipinski definition) is 0. The molecule has 0 aromatic heterocycles. The summed E-state index contributed by atoms with van der Waals surface area (Å²) in [5, 5.41) is 0. The van der Waals surface area contributed by atoms with Crippen molar-refractivity contribution in [2.24, 2.45) is 0 Å². The highest BCUT2D eigenvalue weighted by molar-refractivity contribution is 5.91. The SMILES string of the molecule is O=C(Oc1ccc(-c2ccccc2)cc1)c1cccc(C(F)(F)F)c1F. The molecule has 0 heterocycles. The topological polar surface area (TPSA) is 26.3 Å². The van der Waals surface area contributed by atoms with Crippen LogP contribution in [0.2, 0.25) is 0 Å². The van der Waals surface area contributed by atoms with E-state index in [-0.39, 0.29) is 5.75 Å². The summed E-state index contributed by atoms with van der Waals surface area (Å²) in [7, 11) is 0. The van der Waals surface area contributed by atoms with Crippen molar-refractivity contribution >= 4 is 5.97 Å². The first kappa shape index (κ1) is 17.7. The number of alkyl halides is 3. The zero-order valence-electron chi connectivity index (χ0n) is 13.3. The number of carbonyl (C=O) groups excluding carboxylic acids is 1. The first-order valence-electron chi connectivity index (χ1n) is 7.59. The average molecular weight is 360 g/mol. The van der Waals surface area contributed by atoms with Gasteiger partial charge in [0.2, 0.25) is 0 Å². The van der Waals surface area contributed by atoms with Crippen LogP contribution in [-0.4, -0.2) is 5.97 Å². The van der Waals surface area contributed by atoms with Crippen LogP contribution in [0.1, 0.15) is 15.9 Å². The second-order valence-electron chi connectivity index (χ2n) is 5.44. The van der Waals surface area contributed by atoms with Crippen molar-refractivity contribution in [3.05, 3.63) is 89.7 Å². The molecule has 3 aromatic carbocycles. The number of ether oxygens (including phenoxy) is 1. The summed E-state index contributed by atoms with van der Waals surface area (Å²) < 4.78 is 57.2. The van der Waals surface area contributed by atoms with Gasteiger partial charge in [-0.15, -0.1) is 0 Å². The molecule has 0 atom stereocenters. The lowest BCUT2D eigenvalue weighted by molar-refractivity contribution is -0.140. The molecule has 0 aliphatic carbocycles. The van der Waals surface area contributed by atoms with Gasteiger partial charge < -0.3 is 4.74 Å². The summed E-state index contributed by atoms with van der Waals surface area (Å²) in [6.45, 7) is 0. The molecule has 3 aromatic rings. The van der Waals surface area contributed by atoms with Crippen LogP contribution in [0, 0.1) is 5.82 Å². The minimum Gasteiger partial charge on any atom is -0.423 e. The summed E-state index contributed by atoms with van der Waals surface area (Å²) >= 11 is 0. The van der Waals surface area contributed by atoms with Crippen molar-refractivity contribution in [1.82, 2.24) is 0 Å². The Morgan fingerprint density at radius 1 is 0.769 bits per heavy atom. The molecule has 0 amide bonds. The number of esters is 1. The maximum atomic E-state index is 14.0. The predicted molar refractivity (Wildman–Crippen MR) is 88.2 cm³/mol. The maximum Gasteiger partial charge on any atom is 0.419 e. The number of hydrogen-bond acceptors (Lipinski definition) is 2. The molecule has 0 N–H and O–H groups in total. The predicted octanol–water partition coefficient (Wildman–Crippen LogP) is 5.73. The molecular formula is C20H12F4O2. The number of halogens is 4. The van der Waals surface area contributed by atoms with Gasteiger partial charge in [-0.25, -0.2) is 9.18 Å². The molecule has 0 saturated carbocycles. The van der Waals surface area contributed by atoms with E-state index >= 15 is 0 Å². The Bertz CT molecular complexity index is 917. The van der Waals surface area contributed by atoms with E-state index in [1.165, 1.54) is 12.1 Å². The van der Waals surface area contributed by atoms with Crippen LogP contribution in [0.5, 0.6) is 5.75 Å². The van der Waals surface area contributed by atoms with E-state index in [0.29, 0.717) is 6.07 Å². The lowest BCUT2D eigenvalue weighted by atomic mass is 10.1. The monoisotopic (exact) mass is 360 g/mol. The molecule has 0 spiro atoms. The van der Waals surface area contributed by atoms with Gasteiger partial charge in [0.1, 0.15) is 11.6 Å². The minimum atomic E-state index is -4.89. The molecule has 2 nitrogen and oxygen atoms in total. The van der Waals surface area contributed by atoms with E-state index in [1.807, 2.05) is 30.3 Å². The molecule has 3 rings (SSSR count). The summed E-state index contributed by atoms with van der Waals surface area (Å²) in [5.41, 5.74) is -0.455. The quantitative estimate of drug-likeness (QED) is 0.339. The first-order chi connectivity index (χ1) is 12.4. The largest absolute Gasteiger partial charge is 0.423 e. The van der Waals surface area contributed by atoms with E-state index in [0.717, 1.165) is 23.3 Å². The summed E-state index contributed by atoms with van der Waals surface area (Å²) in [6.07, 6.45) is -4.89. The van der Waals surface area contributed by atoms with Gasteiger partial charge in [0.05, 0.1) is 11.1 Å². The third-order valence-corrected chi connectivity index (χ3v) is 3.70. The Kier molecular flexibility index (Phi) is 4.75. The van der Waals surface area contributed by atoms with Crippen LogP contribution in [0.15, 0.2) is 72.8 Å². The summed E-state index contributed by atoms with van der Waals surface area (Å²) in [5.74, 6) is -2.74. The molecule has 0 radical (unpaired) electrons. The normalized spacial score (nSPS) is 11.2. The van der Waals surface area contributed by atoms with Gasteiger partial charge in [0.15, 0.2) is 0 Å². The Hall–Kier alpha value is -3.15. The minimum absolute atomic E-state index is 0.103. The molecule has 132 valence electrons. The van der Waals surface area contributed by atoms with Gasteiger partial charge in [-0.2, -0.15) is 13.2 Å². The lowest BCUT2D eigenvalue weighted by Gasteiger charge is -2.11. The fourth-order valence-electron chi connectivity index (χ4n) is 2.42. The van der Waals surface area contributed by atoms with E-state index in [9.17, 15) is 22.4 Å². The molecule has 0 saturated heterocycles. The van der Waals surface area contributed by atoms with Crippen LogP contribution >= 0.6 is 0 Å². The van der Waals surface area contributed by atoms with Crippen molar-refractivity contribution in [2.75, 3.05) is 0 Å². The fraction of sp³-hybridized carbons (Fsp3) is 0.0500. The third kappa shape index (κ3) is 3.74. The maximum absolute atomic E-state index is 14.0. The second-order valence-corrected chi connectivity index (χ2v) is 5.44. The van der Waals surface area contributed by atoms with Crippen LogP contribution in [0.25, 0.3) is 11.1 Å². The van der Waals surface area contributed by atoms with Crippen molar-refractivity contribution in [1.29, 1.82) is 0 Å². The van der Waals surface area contributed by atoms with Gasteiger partial charge in [-0.05, 0) is 35.4 Å². The lowest BCUT2D eigenvalue weighted by Crippen LogP contribution is -2.15. The van der Waals surface area contributed by atoms with Gasteiger partial charge in [-0.1, -0.05) is 48.5 Å². The zero-order chi connectivity index (χ0) is 18.7. The zero-order valence-corrected chi connectivity index (χ0v) is 13.3. The molecule has 0 fully saturated rings. The van der Waals surface area contributed by atoms with E-state index in [1.54, 1.807) is 12.1 Å². The first-order valence-corrected chi connectivity index (χ1v) is 7.59. The van der Waals surface area contributed by atoms with Crippen LogP contribution in [0.3, 0.4) is 0 Å². The molecule has 6 heteroatoms. The highest BCUT2D eigenvalue weighted by Gasteiger charge is 2.36. The highest BCUT2D eigenvalue weighted by atomic mass is 19.4. The third-order valence-electron chi connectivity index (χ3n) is 3.70. The van der Waals surface area contributed by atoms with Gasteiger partial charge >= 0.3 is 12.1 Å². The van der Waals surface area contributed by atoms with E-state index in [4.69, 9.17) is 4.74 Å². The van der Waals surface area contributed by atoms with E-state index < -0.39 is 29.1 Å². The van der Waals surface area contributed by atoms with E-state index in [2.05, 4.69) is 0 Å².